The van der Waals surface area contributed by atoms with Gasteiger partial charge in [-0.15, -0.1) is 34.2 Å². The third-order valence-electron chi connectivity index (χ3n) is 6.14. The molecule has 8 nitrogen and oxygen atoms in total. The molecule has 176 valence electrons. The monoisotopic (exact) mass is 554 g/mol. The van der Waals surface area contributed by atoms with Crippen LogP contribution in [0.4, 0.5) is 0 Å². The number of para-hydroxylation sites is 1. The molecule has 0 unspecified atom stereocenters. The van der Waals surface area contributed by atoms with E-state index in [9.17, 15) is 0 Å². The minimum atomic E-state index is 0. The highest BCUT2D eigenvalue weighted by molar-refractivity contribution is 14.0. The Morgan fingerprint density at radius 3 is 2.69 bits per heavy atom. The second-order valence-corrected chi connectivity index (χ2v) is 8.25. The number of aromatic nitrogens is 3. The molecule has 1 aromatic heterocycles. The zero-order valence-corrected chi connectivity index (χ0v) is 21.4. The summed E-state index contributed by atoms with van der Waals surface area (Å²) in [4.78, 5) is 4.37. The molecule has 4 rings (SSSR count). The van der Waals surface area contributed by atoms with E-state index in [2.05, 4.69) is 36.5 Å². The van der Waals surface area contributed by atoms with Gasteiger partial charge in [0, 0.05) is 32.1 Å². The standard InChI is InChI=1S/C23H34N6O2.HI/c1-24-23(26-16-21-28-27-20-13-4-3-7-14-29(20)21)25-15-17-9-8-12-19(30-2)22(17)31-18-10-5-6-11-18;/h8-9,12,18H,3-7,10-11,13-16H2,1-2H3,(H2,24,25,26);1H. The second kappa shape index (κ2) is 12.3. The fourth-order valence-corrected chi connectivity index (χ4v) is 4.41. The highest BCUT2D eigenvalue weighted by Gasteiger charge is 2.21. The van der Waals surface area contributed by atoms with E-state index >= 15 is 0 Å². The van der Waals surface area contributed by atoms with Gasteiger partial charge in [-0.1, -0.05) is 18.6 Å². The lowest BCUT2D eigenvalue weighted by molar-refractivity contribution is 0.198. The van der Waals surface area contributed by atoms with E-state index in [4.69, 9.17) is 9.47 Å². The van der Waals surface area contributed by atoms with Crippen LogP contribution in [0.15, 0.2) is 23.2 Å². The maximum atomic E-state index is 6.34. The third-order valence-corrected chi connectivity index (χ3v) is 6.14. The number of hydrogen-bond acceptors (Lipinski definition) is 5. The second-order valence-electron chi connectivity index (χ2n) is 8.25. The van der Waals surface area contributed by atoms with Crippen LogP contribution in [0.3, 0.4) is 0 Å². The fourth-order valence-electron chi connectivity index (χ4n) is 4.41. The van der Waals surface area contributed by atoms with Crippen molar-refractivity contribution in [2.24, 2.45) is 4.99 Å². The SMILES string of the molecule is CN=C(NCc1cccc(OC)c1OC1CCCC1)NCc1nnc2n1CCCCC2.I. The molecule has 2 aromatic rings. The topological polar surface area (TPSA) is 85.6 Å². The number of nitrogens with zero attached hydrogens (tertiary/aromatic N) is 4. The van der Waals surface area contributed by atoms with Crippen LogP contribution < -0.4 is 20.1 Å². The first kappa shape index (κ1) is 24.6. The molecule has 2 heterocycles. The number of ether oxygens (including phenoxy) is 2. The number of fused-ring (bicyclic) bond motifs is 1. The summed E-state index contributed by atoms with van der Waals surface area (Å²) in [7, 11) is 3.47. The number of guanidine groups is 1. The van der Waals surface area contributed by atoms with Gasteiger partial charge < -0.3 is 24.7 Å². The molecule has 32 heavy (non-hydrogen) atoms. The average molecular weight is 554 g/mol. The van der Waals surface area contributed by atoms with Crippen LogP contribution in [0.5, 0.6) is 11.5 Å². The van der Waals surface area contributed by atoms with Crippen LogP contribution in [-0.4, -0.2) is 41.0 Å². The summed E-state index contributed by atoms with van der Waals surface area (Å²) in [6.45, 7) is 2.18. The normalized spacial score (nSPS) is 16.6. The van der Waals surface area contributed by atoms with E-state index in [1.54, 1.807) is 14.2 Å². The van der Waals surface area contributed by atoms with Crippen LogP contribution in [0.2, 0.25) is 0 Å². The molecule has 9 heteroatoms. The summed E-state index contributed by atoms with van der Waals surface area (Å²) in [6, 6.07) is 6.03. The molecular formula is C23H35IN6O2. The highest BCUT2D eigenvalue weighted by Crippen LogP contribution is 2.34. The minimum absolute atomic E-state index is 0. The van der Waals surface area contributed by atoms with Gasteiger partial charge in [0.1, 0.15) is 5.82 Å². The quantitative estimate of drug-likeness (QED) is 0.308. The lowest BCUT2D eigenvalue weighted by Crippen LogP contribution is -2.37. The molecule has 1 fully saturated rings. The van der Waals surface area contributed by atoms with Crippen molar-refractivity contribution in [3.8, 4) is 11.5 Å². The Hall–Kier alpha value is -2.04. The zero-order chi connectivity index (χ0) is 21.5. The van der Waals surface area contributed by atoms with Crippen molar-refractivity contribution in [1.82, 2.24) is 25.4 Å². The van der Waals surface area contributed by atoms with Crippen LogP contribution in [-0.2, 0) is 26.1 Å². The van der Waals surface area contributed by atoms with Gasteiger partial charge in [-0.3, -0.25) is 4.99 Å². The van der Waals surface area contributed by atoms with E-state index < -0.39 is 0 Å². The summed E-state index contributed by atoms with van der Waals surface area (Å²) < 4.78 is 14.2. The third kappa shape index (κ3) is 6.05. The van der Waals surface area contributed by atoms with Crippen LogP contribution >= 0.6 is 24.0 Å². The molecule has 0 spiro atoms. The number of aryl methyl sites for hydroxylation is 1. The molecule has 0 amide bonds. The first-order chi connectivity index (χ1) is 15.3. The summed E-state index contributed by atoms with van der Waals surface area (Å²) in [5.41, 5.74) is 1.06. The molecule has 2 aliphatic rings. The van der Waals surface area contributed by atoms with E-state index in [0.717, 1.165) is 60.5 Å². The van der Waals surface area contributed by atoms with Crippen LogP contribution in [0, 0.1) is 0 Å². The average Bonchev–Trinajstić information content (AvgIpc) is 3.38. The van der Waals surface area contributed by atoms with E-state index in [1.807, 2.05) is 12.1 Å². The lowest BCUT2D eigenvalue weighted by Gasteiger charge is -2.20. The molecule has 1 saturated carbocycles. The van der Waals surface area contributed by atoms with Crippen molar-refractivity contribution in [3.05, 3.63) is 35.4 Å². The largest absolute Gasteiger partial charge is 0.493 e. The first-order valence-corrected chi connectivity index (χ1v) is 11.5. The van der Waals surface area contributed by atoms with Gasteiger partial charge in [0.2, 0.25) is 0 Å². The Labute approximate surface area is 207 Å². The Morgan fingerprint density at radius 1 is 1.09 bits per heavy atom. The number of nitrogens with one attached hydrogen (secondary N) is 2. The Kier molecular flexibility index (Phi) is 9.43. The van der Waals surface area contributed by atoms with Gasteiger partial charge in [-0.05, 0) is 44.6 Å². The fraction of sp³-hybridized carbons (Fsp3) is 0.609. The van der Waals surface area contributed by atoms with Gasteiger partial charge in [0.05, 0.1) is 19.8 Å². The number of rotatable bonds is 7. The highest BCUT2D eigenvalue weighted by atomic mass is 127. The molecular weight excluding hydrogens is 519 g/mol. The number of hydrogen-bond donors (Lipinski definition) is 2. The van der Waals surface area contributed by atoms with Gasteiger partial charge in [0.15, 0.2) is 23.3 Å². The Bertz CT molecular complexity index is 895. The molecule has 1 aliphatic heterocycles. The summed E-state index contributed by atoms with van der Waals surface area (Å²) in [5, 5.41) is 15.5. The smallest absolute Gasteiger partial charge is 0.191 e. The van der Waals surface area contributed by atoms with Gasteiger partial charge >= 0.3 is 0 Å². The molecule has 0 radical (unpaired) electrons. The van der Waals surface area contributed by atoms with Gasteiger partial charge in [0.25, 0.3) is 0 Å². The molecule has 0 atom stereocenters. The number of aliphatic imine (C=N–C) groups is 1. The predicted octanol–water partition coefficient (Wildman–Crippen LogP) is 3.82. The summed E-state index contributed by atoms with van der Waals surface area (Å²) >= 11 is 0. The van der Waals surface area contributed by atoms with Crippen LogP contribution in [0.25, 0.3) is 0 Å². The van der Waals surface area contributed by atoms with Crippen LogP contribution in [0.1, 0.15) is 62.2 Å². The molecule has 0 saturated heterocycles. The number of methoxy groups -OCH3 is 1. The maximum Gasteiger partial charge on any atom is 0.191 e. The molecule has 2 N–H and O–H groups in total. The first-order valence-electron chi connectivity index (χ1n) is 11.5. The van der Waals surface area contributed by atoms with Crippen molar-refractivity contribution < 1.29 is 9.47 Å². The maximum absolute atomic E-state index is 6.34. The van der Waals surface area contributed by atoms with Crippen molar-refractivity contribution in [1.29, 1.82) is 0 Å². The molecule has 0 bridgehead atoms. The van der Waals surface area contributed by atoms with Crippen molar-refractivity contribution >= 4 is 29.9 Å². The molecule has 1 aromatic carbocycles. The lowest BCUT2D eigenvalue weighted by atomic mass is 10.1. The van der Waals surface area contributed by atoms with E-state index in [0.29, 0.717) is 13.1 Å². The summed E-state index contributed by atoms with van der Waals surface area (Å²) in [6.07, 6.45) is 9.60. The van der Waals surface area contributed by atoms with Crippen molar-refractivity contribution in [2.45, 2.75) is 77.1 Å². The Balaban J connectivity index is 0.00000289. The zero-order valence-electron chi connectivity index (χ0n) is 19.1. The van der Waals surface area contributed by atoms with Crippen molar-refractivity contribution in [2.75, 3.05) is 14.2 Å². The molecule has 1 aliphatic carbocycles. The minimum Gasteiger partial charge on any atom is -0.493 e. The summed E-state index contributed by atoms with van der Waals surface area (Å²) in [5.74, 6) is 4.40. The Morgan fingerprint density at radius 2 is 1.91 bits per heavy atom. The number of benzene rings is 1. The van der Waals surface area contributed by atoms with Gasteiger partial charge in [-0.2, -0.15) is 0 Å². The van der Waals surface area contributed by atoms with Gasteiger partial charge in [-0.25, -0.2) is 0 Å². The van der Waals surface area contributed by atoms with Crippen molar-refractivity contribution in [3.63, 3.8) is 0 Å². The number of halogens is 1. The van der Waals surface area contributed by atoms with E-state index in [1.165, 1.54) is 32.1 Å². The van der Waals surface area contributed by atoms with E-state index in [-0.39, 0.29) is 30.1 Å². The predicted molar refractivity (Wildman–Crippen MR) is 136 cm³/mol.